The highest BCUT2D eigenvalue weighted by Gasteiger charge is 2.33. The topological polar surface area (TPSA) is 75.6 Å². The molecule has 2 heterocycles. The van der Waals surface area contributed by atoms with Crippen molar-refractivity contribution in [3.05, 3.63) is 18.5 Å². The molecule has 1 aliphatic rings. The van der Waals surface area contributed by atoms with Crippen LogP contribution in [-0.4, -0.2) is 60.0 Å². The van der Waals surface area contributed by atoms with Gasteiger partial charge in [-0.15, -0.1) is 0 Å². The zero-order valence-electron chi connectivity index (χ0n) is 12.4. The third kappa shape index (κ3) is 3.68. The molecule has 1 fully saturated rings. The Bertz CT molecular complexity index is 494. The van der Waals surface area contributed by atoms with Crippen LogP contribution in [-0.2, 0) is 14.3 Å². The molecule has 0 radical (unpaired) electrons. The van der Waals surface area contributed by atoms with Crippen LogP contribution in [0.25, 0.3) is 0 Å². The third-order valence-electron chi connectivity index (χ3n) is 3.56. The van der Waals surface area contributed by atoms with Gasteiger partial charge in [-0.25, -0.2) is 14.8 Å². The number of methoxy groups -OCH3 is 1. The average Bonchev–Trinajstić information content (AvgIpc) is 2.54. The number of amides is 1. The molecule has 0 aliphatic carbocycles. The second kappa shape index (κ2) is 7.01. The van der Waals surface area contributed by atoms with E-state index in [1.54, 1.807) is 35.3 Å². The maximum atomic E-state index is 12.4. The van der Waals surface area contributed by atoms with Crippen molar-refractivity contribution in [3.63, 3.8) is 0 Å². The predicted molar refractivity (Wildman–Crippen MR) is 76.7 cm³/mol. The maximum Gasteiger partial charge on any atom is 0.328 e. The number of piperidine rings is 1. The lowest BCUT2D eigenvalue weighted by Gasteiger charge is -2.34. The van der Waals surface area contributed by atoms with Crippen LogP contribution in [0.4, 0.5) is 5.95 Å². The van der Waals surface area contributed by atoms with Gasteiger partial charge in [0.2, 0.25) is 11.9 Å². The second-order valence-corrected chi connectivity index (χ2v) is 5.03. The van der Waals surface area contributed by atoms with Gasteiger partial charge in [-0.1, -0.05) is 0 Å². The number of hydrogen-bond acceptors (Lipinski definition) is 6. The van der Waals surface area contributed by atoms with Gasteiger partial charge in [-0.05, 0) is 25.3 Å². The van der Waals surface area contributed by atoms with E-state index in [0.29, 0.717) is 18.9 Å². The summed E-state index contributed by atoms with van der Waals surface area (Å²) in [5.41, 5.74) is 0. The number of aromatic nitrogens is 2. The largest absolute Gasteiger partial charge is 0.467 e. The van der Waals surface area contributed by atoms with Crippen LogP contribution in [0.3, 0.4) is 0 Å². The summed E-state index contributed by atoms with van der Waals surface area (Å²) < 4.78 is 4.79. The smallest absolute Gasteiger partial charge is 0.328 e. The molecular weight excluding hydrogens is 272 g/mol. The fourth-order valence-corrected chi connectivity index (χ4v) is 2.46. The van der Waals surface area contributed by atoms with Crippen LogP contribution in [0.15, 0.2) is 18.5 Å². The van der Waals surface area contributed by atoms with E-state index in [2.05, 4.69) is 9.97 Å². The zero-order chi connectivity index (χ0) is 15.2. The number of nitrogens with zero attached hydrogens (tertiary/aromatic N) is 4. The molecule has 1 saturated heterocycles. The zero-order valence-corrected chi connectivity index (χ0v) is 12.4. The Labute approximate surface area is 123 Å². The lowest BCUT2D eigenvalue weighted by molar-refractivity contribution is -0.154. The van der Waals surface area contributed by atoms with Gasteiger partial charge in [0.1, 0.15) is 6.04 Å². The molecule has 1 aromatic heterocycles. The molecule has 0 bridgehead atoms. The summed E-state index contributed by atoms with van der Waals surface area (Å²) in [6.07, 6.45) is 5.75. The lowest BCUT2D eigenvalue weighted by Crippen LogP contribution is -2.51. The minimum atomic E-state index is -0.471. The molecule has 7 heteroatoms. The summed E-state index contributed by atoms with van der Waals surface area (Å²) in [7, 11) is 3.11. The Kier molecular flexibility index (Phi) is 5.08. The normalized spacial score (nSPS) is 18.2. The van der Waals surface area contributed by atoms with Gasteiger partial charge in [0.25, 0.3) is 0 Å². The molecule has 1 atom stereocenters. The van der Waals surface area contributed by atoms with Crippen molar-refractivity contribution in [2.24, 2.45) is 0 Å². The molecule has 0 saturated carbocycles. The van der Waals surface area contributed by atoms with Gasteiger partial charge in [0.15, 0.2) is 0 Å². The van der Waals surface area contributed by atoms with Crippen molar-refractivity contribution in [1.29, 1.82) is 0 Å². The van der Waals surface area contributed by atoms with E-state index in [-0.39, 0.29) is 18.4 Å². The first-order chi connectivity index (χ1) is 10.1. The monoisotopic (exact) mass is 292 g/mol. The lowest BCUT2D eigenvalue weighted by atomic mass is 10.0. The molecule has 1 aromatic rings. The summed E-state index contributed by atoms with van der Waals surface area (Å²) in [5.74, 6) is 0.0270. The molecule has 114 valence electrons. The Morgan fingerprint density at radius 1 is 1.38 bits per heavy atom. The van der Waals surface area contributed by atoms with Crippen molar-refractivity contribution < 1.29 is 14.3 Å². The highest BCUT2D eigenvalue weighted by molar-refractivity contribution is 5.87. The van der Waals surface area contributed by atoms with E-state index in [9.17, 15) is 9.59 Å². The predicted octanol–water partition coefficient (Wildman–Crippen LogP) is 0.467. The number of esters is 1. The van der Waals surface area contributed by atoms with Gasteiger partial charge in [-0.2, -0.15) is 0 Å². The molecular formula is C14H20N4O3. The Morgan fingerprint density at radius 2 is 2.10 bits per heavy atom. The fourth-order valence-electron chi connectivity index (χ4n) is 2.46. The van der Waals surface area contributed by atoms with Gasteiger partial charge in [-0.3, -0.25) is 4.79 Å². The number of ether oxygens (including phenoxy) is 1. The molecule has 7 nitrogen and oxygen atoms in total. The van der Waals surface area contributed by atoms with Crippen LogP contribution in [0.2, 0.25) is 0 Å². The number of anilines is 1. The molecule has 21 heavy (non-hydrogen) atoms. The number of carbonyl (C=O) groups is 2. The standard InChI is InChI=1S/C14H20N4O3/c1-17(14-15-7-5-8-16-14)10-12(19)18-9-4-3-6-11(18)13(20)21-2/h5,7-8,11H,3-4,6,9-10H2,1-2H3. The molecule has 1 aliphatic heterocycles. The van der Waals surface area contributed by atoms with Crippen LogP contribution in [0.1, 0.15) is 19.3 Å². The fraction of sp³-hybridized carbons (Fsp3) is 0.571. The SMILES string of the molecule is COC(=O)C1CCCCN1C(=O)CN(C)c1ncccn1. The van der Waals surface area contributed by atoms with Crippen molar-refractivity contribution in [3.8, 4) is 0 Å². The van der Waals surface area contributed by atoms with Crippen molar-refractivity contribution >= 4 is 17.8 Å². The Balaban J connectivity index is 2.02. The van der Waals surface area contributed by atoms with Crippen LogP contribution in [0.5, 0.6) is 0 Å². The molecule has 0 aromatic carbocycles. The molecule has 1 amide bonds. The molecule has 0 N–H and O–H groups in total. The van der Waals surface area contributed by atoms with Crippen molar-refractivity contribution in [2.45, 2.75) is 25.3 Å². The summed E-state index contributed by atoms with van der Waals surface area (Å²) in [5, 5.41) is 0. The minimum Gasteiger partial charge on any atom is -0.467 e. The van der Waals surface area contributed by atoms with E-state index in [1.807, 2.05) is 0 Å². The Hall–Kier alpha value is -2.18. The summed E-state index contributed by atoms with van der Waals surface area (Å²) in [6, 6.07) is 1.25. The summed E-state index contributed by atoms with van der Waals surface area (Å²) in [6.45, 7) is 0.722. The van der Waals surface area contributed by atoms with E-state index >= 15 is 0 Å². The average molecular weight is 292 g/mol. The van der Waals surface area contributed by atoms with Gasteiger partial charge >= 0.3 is 5.97 Å². The first-order valence-corrected chi connectivity index (χ1v) is 6.99. The second-order valence-electron chi connectivity index (χ2n) is 5.03. The first-order valence-electron chi connectivity index (χ1n) is 6.99. The van der Waals surface area contributed by atoms with Crippen LogP contribution >= 0.6 is 0 Å². The summed E-state index contributed by atoms with van der Waals surface area (Å²) in [4.78, 5) is 35.7. The molecule has 2 rings (SSSR count). The van der Waals surface area contributed by atoms with Crippen molar-refractivity contribution in [1.82, 2.24) is 14.9 Å². The van der Waals surface area contributed by atoms with Gasteiger partial charge < -0.3 is 14.5 Å². The molecule has 1 unspecified atom stereocenters. The minimum absolute atomic E-state index is 0.111. The highest BCUT2D eigenvalue weighted by atomic mass is 16.5. The number of hydrogen-bond donors (Lipinski definition) is 0. The number of rotatable bonds is 4. The van der Waals surface area contributed by atoms with Crippen LogP contribution < -0.4 is 4.90 Å². The Morgan fingerprint density at radius 3 is 2.76 bits per heavy atom. The quantitative estimate of drug-likeness (QED) is 0.751. The van der Waals surface area contributed by atoms with E-state index < -0.39 is 6.04 Å². The number of likely N-dealkylation sites (N-methyl/N-ethyl adjacent to an activating group) is 1. The third-order valence-corrected chi connectivity index (χ3v) is 3.56. The van der Waals surface area contributed by atoms with E-state index in [0.717, 1.165) is 12.8 Å². The van der Waals surface area contributed by atoms with Gasteiger partial charge in [0, 0.05) is 26.0 Å². The van der Waals surface area contributed by atoms with E-state index in [4.69, 9.17) is 4.74 Å². The summed E-state index contributed by atoms with van der Waals surface area (Å²) >= 11 is 0. The number of carbonyl (C=O) groups excluding carboxylic acids is 2. The van der Waals surface area contributed by atoms with Gasteiger partial charge in [0.05, 0.1) is 13.7 Å². The van der Waals surface area contributed by atoms with Crippen molar-refractivity contribution in [2.75, 3.05) is 32.1 Å². The number of likely N-dealkylation sites (tertiary alicyclic amines) is 1. The first kappa shape index (κ1) is 15.2. The highest BCUT2D eigenvalue weighted by Crippen LogP contribution is 2.18. The van der Waals surface area contributed by atoms with E-state index in [1.165, 1.54) is 7.11 Å². The van der Waals surface area contributed by atoms with Crippen LogP contribution in [0, 0.1) is 0 Å². The molecule has 0 spiro atoms. The maximum absolute atomic E-state index is 12.4.